The Kier molecular flexibility index (Phi) is 2.06. The summed E-state index contributed by atoms with van der Waals surface area (Å²) in [5.74, 6) is -1.23. The van der Waals surface area contributed by atoms with Gasteiger partial charge in [-0.3, -0.25) is 0 Å². The average molecular weight is 202 g/mol. The van der Waals surface area contributed by atoms with E-state index < -0.39 is 36.2 Å². The molecule has 0 aromatic rings. The number of rotatable bonds is 1. The van der Waals surface area contributed by atoms with Gasteiger partial charge >= 0.3 is 5.97 Å². The Morgan fingerprint density at radius 1 is 1.43 bits per heavy atom. The lowest BCUT2D eigenvalue weighted by molar-refractivity contribution is -0.192. The number of aliphatic hydroxyl groups excluding tert-OH is 1. The van der Waals surface area contributed by atoms with E-state index in [-0.39, 0.29) is 0 Å². The molecule has 0 spiro atoms. The number of hydrogen-bond acceptors (Lipinski definition) is 5. The lowest BCUT2D eigenvalue weighted by Crippen LogP contribution is -2.36. The van der Waals surface area contributed by atoms with E-state index in [1.165, 1.54) is 0 Å². The number of hydrogen-bond donors (Lipinski definition) is 1. The van der Waals surface area contributed by atoms with Gasteiger partial charge in [-0.2, -0.15) is 0 Å². The molecular formula is C9H14O5. The van der Waals surface area contributed by atoms with Crippen molar-refractivity contribution < 1.29 is 24.1 Å². The van der Waals surface area contributed by atoms with E-state index in [1.807, 2.05) is 0 Å². The first-order valence-electron chi connectivity index (χ1n) is 4.65. The minimum Gasteiger partial charge on any atom is -0.455 e. The minimum absolute atomic E-state index is 0.452. The van der Waals surface area contributed by atoms with Gasteiger partial charge in [0.2, 0.25) is 0 Å². The van der Waals surface area contributed by atoms with E-state index in [9.17, 15) is 9.90 Å². The molecular weight excluding hydrogens is 188 g/mol. The van der Waals surface area contributed by atoms with Gasteiger partial charge in [0.1, 0.15) is 6.10 Å². The van der Waals surface area contributed by atoms with Crippen LogP contribution in [0.5, 0.6) is 0 Å². The predicted octanol–water partition coefficient (Wildman–Crippen LogP) is -0.187. The molecule has 2 saturated heterocycles. The summed E-state index contributed by atoms with van der Waals surface area (Å²) >= 11 is 0. The van der Waals surface area contributed by atoms with Crippen LogP contribution in [-0.4, -0.2) is 41.3 Å². The molecule has 0 amide bonds. The number of carbonyl (C=O) groups is 1. The highest BCUT2D eigenvalue weighted by atomic mass is 16.8. The fourth-order valence-electron chi connectivity index (χ4n) is 1.85. The Hall–Kier alpha value is -0.650. The second-order valence-electron chi connectivity index (χ2n) is 4.16. The average Bonchev–Trinajstić information content (AvgIpc) is 2.47. The Balaban J connectivity index is 2.19. The van der Waals surface area contributed by atoms with Crippen molar-refractivity contribution in [3.63, 3.8) is 0 Å². The Morgan fingerprint density at radius 2 is 2.07 bits per heavy atom. The zero-order valence-electron chi connectivity index (χ0n) is 8.39. The summed E-state index contributed by atoms with van der Waals surface area (Å²) in [4.78, 5) is 11.3. The van der Waals surface area contributed by atoms with Crippen molar-refractivity contribution in [1.82, 2.24) is 0 Å². The van der Waals surface area contributed by atoms with Crippen LogP contribution in [0.15, 0.2) is 0 Å². The van der Waals surface area contributed by atoms with E-state index in [1.54, 1.807) is 20.8 Å². The molecule has 2 aliphatic heterocycles. The summed E-state index contributed by atoms with van der Waals surface area (Å²) in [6, 6.07) is 0. The lowest BCUT2D eigenvalue weighted by Gasteiger charge is -2.22. The van der Waals surface area contributed by atoms with E-state index >= 15 is 0 Å². The molecule has 0 aromatic heterocycles. The minimum atomic E-state index is -0.776. The number of ether oxygens (including phenoxy) is 3. The number of cyclic esters (lactones) is 1. The standard InChI is InChI=1S/C9H14O5/c1-4(10)5-6-7(8(11)12-5)14-9(2,3)13-6/h4-7,10H,1-3H3/t4-,5-,6+,7+/m0/s1. The van der Waals surface area contributed by atoms with Gasteiger partial charge in [0.15, 0.2) is 18.0 Å². The van der Waals surface area contributed by atoms with Crippen LogP contribution in [0.4, 0.5) is 0 Å². The van der Waals surface area contributed by atoms with Crippen molar-refractivity contribution in [1.29, 1.82) is 0 Å². The van der Waals surface area contributed by atoms with Crippen molar-refractivity contribution >= 4 is 5.97 Å². The van der Waals surface area contributed by atoms with Gasteiger partial charge in [-0.25, -0.2) is 4.79 Å². The molecule has 0 aromatic carbocycles. The van der Waals surface area contributed by atoms with Crippen LogP contribution >= 0.6 is 0 Å². The number of aliphatic hydroxyl groups is 1. The fraction of sp³-hybridized carbons (Fsp3) is 0.889. The van der Waals surface area contributed by atoms with Gasteiger partial charge in [0, 0.05) is 0 Å². The molecule has 2 aliphatic rings. The normalized spacial score (nSPS) is 42.0. The van der Waals surface area contributed by atoms with Crippen molar-refractivity contribution in [3.05, 3.63) is 0 Å². The molecule has 14 heavy (non-hydrogen) atoms. The second-order valence-corrected chi connectivity index (χ2v) is 4.16. The topological polar surface area (TPSA) is 65.0 Å². The Bertz CT molecular complexity index is 260. The third-order valence-corrected chi connectivity index (χ3v) is 2.41. The van der Waals surface area contributed by atoms with E-state index in [2.05, 4.69) is 0 Å². The summed E-state index contributed by atoms with van der Waals surface area (Å²) in [5.41, 5.74) is 0. The third kappa shape index (κ3) is 1.41. The van der Waals surface area contributed by atoms with Crippen LogP contribution in [0.2, 0.25) is 0 Å². The second kappa shape index (κ2) is 2.92. The molecule has 1 N–H and O–H groups in total. The zero-order valence-corrected chi connectivity index (χ0v) is 8.39. The molecule has 0 aliphatic carbocycles. The van der Waals surface area contributed by atoms with Crippen LogP contribution in [0.3, 0.4) is 0 Å². The number of esters is 1. The van der Waals surface area contributed by atoms with Crippen LogP contribution in [0.1, 0.15) is 20.8 Å². The number of fused-ring (bicyclic) bond motifs is 1. The highest BCUT2D eigenvalue weighted by molar-refractivity contribution is 5.78. The maximum atomic E-state index is 11.3. The lowest BCUT2D eigenvalue weighted by atomic mass is 10.1. The summed E-state index contributed by atoms with van der Waals surface area (Å²) in [7, 11) is 0. The first kappa shape index (κ1) is 9.89. The summed E-state index contributed by atoms with van der Waals surface area (Å²) in [6.07, 6.45) is -2.54. The summed E-state index contributed by atoms with van der Waals surface area (Å²) in [5, 5.41) is 9.37. The highest BCUT2D eigenvalue weighted by Gasteiger charge is 2.57. The Labute approximate surface area is 81.9 Å². The van der Waals surface area contributed by atoms with Gasteiger partial charge in [0.25, 0.3) is 0 Å². The molecule has 2 fully saturated rings. The van der Waals surface area contributed by atoms with Gasteiger partial charge in [0.05, 0.1) is 6.10 Å². The Morgan fingerprint density at radius 3 is 2.64 bits per heavy atom. The van der Waals surface area contributed by atoms with Crippen molar-refractivity contribution in [2.24, 2.45) is 0 Å². The van der Waals surface area contributed by atoms with Gasteiger partial charge in [-0.15, -0.1) is 0 Å². The maximum absolute atomic E-state index is 11.3. The molecule has 0 radical (unpaired) electrons. The smallest absolute Gasteiger partial charge is 0.338 e. The van der Waals surface area contributed by atoms with Gasteiger partial charge in [-0.1, -0.05) is 0 Å². The molecule has 0 unspecified atom stereocenters. The fourth-order valence-corrected chi connectivity index (χ4v) is 1.85. The number of carbonyl (C=O) groups excluding carboxylic acids is 1. The SMILES string of the molecule is C[C@H](O)[C@@H]1OC(=O)[C@@H]2OC(C)(C)O[C@H]12. The highest BCUT2D eigenvalue weighted by Crippen LogP contribution is 2.36. The molecule has 5 heteroatoms. The van der Waals surface area contributed by atoms with Crippen LogP contribution in [0, 0.1) is 0 Å². The summed E-state index contributed by atoms with van der Waals surface area (Å²) in [6.45, 7) is 5.03. The first-order valence-corrected chi connectivity index (χ1v) is 4.65. The zero-order chi connectivity index (χ0) is 10.5. The van der Waals surface area contributed by atoms with E-state index in [4.69, 9.17) is 14.2 Å². The molecule has 80 valence electrons. The summed E-state index contributed by atoms with van der Waals surface area (Å²) < 4.78 is 15.8. The predicted molar refractivity (Wildman–Crippen MR) is 45.4 cm³/mol. The van der Waals surface area contributed by atoms with Crippen molar-refractivity contribution in [2.45, 2.75) is 51.0 Å². The molecule has 5 nitrogen and oxygen atoms in total. The first-order chi connectivity index (χ1) is 6.41. The molecule has 4 atom stereocenters. The van der Waals surface area contributed by atoms with Crippen LogP contribution in [0.25, 0.3) is 0 Å². The largest absolute Gasteiger partial charge is 0.455 e. The van der Waals surface area contributed by atoms with Crippen molar-refractivity contribution in [2.75, 3.05) is 0 Å². The molecule has 2 heterocycles. The quantitative estimate of drug-likeness (QED) is 0.597. The van der Waals surface area contributed by atoms with E-state index in [0.717, 1.165) is 0 Å². The van der Waals surface area contributed by atoms with Crippen LogP contribution < -0.4 is 0 Å². The van der Waals surface area contributed by atoms with Crippen LogP contribution in [-0.2, 0) is 19.0 Å². The maximum Gasteiger partial charge on any atom is 0.338 e. The molecule has 0 bridgehead atoms. The van der Waals surface area contributed by atoms with E-state index in [0.29, 0.717) is 0 Å². The molecule has 2 rings (SSSR count). The van der Waals surface area contributed by atoms with Gasteiger partial charge < -0.3 is 19.3 Å². The van der Waals surface area contributed by atoms with Crippen molar-refractivity contribution in [3.8, 4) is 0 Å². The molecule has 0 saturated carbocycles. The van der Waals surface area contributed by atoms with Gasteiger partial charge in [-0.05, 0) is 20.8 Å². The third-order valence-electron chi connectivity index (χ3n) is 2.41. The monoisotopic (exact) mass is 202 g/mol.